The number of rotatable bonds is 10. The van der Waals surface area contributed by atoms with Crippen molar-refractivity contribution < 1.29 is 9.53 Å². The van der Waals surface area contributed by atoms with Crippen molar-refractivity contribution in [2.24, 2.45) is 0 Å². The zero-order valence-corrected chi connectivity index (χ0v) is 20.6. The molecule has 1 aliphatic heterocycles. The van der Waals surface area contributed by atoms with Crippen LogP contribution in [0.25, 0.3) is 0 Å². The number of piperidine rings is 1. The van der Waals surface area contributed by atoms with E-state index in [1.807, 2.05) is 54.8 Å². The van der Waals surface area contributed by atoms with Crippen LogP contribution in [0.4, 0.5) is 4.79 Å². The van der Waals surface area contributed by atoms with Gasteiger partial charge in [-0.2, -0.15) is 0 Å². The second-order valence-corrected chi connectivity index (χ2v) is 9.28. The fourth-order valence-electron chi connectivity index (χ4n) is 4.80. The first-order chi connectivity index (χ1) is 17.1. The van der Waals surface area contributed by atoms with E-state index in [-0.39, 0.29) is 18.2 Å². The van der Waals surface area contributed by atoms with Crippen molar-refractivity contribution in [3.05, 3.63) is 103 Å². The van der Waals surface area contributed by atoms with Crippen molar-refractivity contribution in [1.29, 1.82) is 0 Å². The summed E-state index contributed by atoms with van der Waals surface area (Å²) in [5.74, 6) is 0. The third-order valence-electron chi connectivity index (χ3n) is 6.83. The molecule has 1 aromatic heterocycles. The number of aromatic nitrogens is 2. The summed E-state index contributed by atoms with van der Waals surface area (Å²) in [5.41, 5.74) is 3.50. The predicted molar refractivity (Wildman–Crippen MR) is 139 cm³/mol. The standard InChI is InChI=1S/C29H36N4O2/c1-3-17-33(29(34)35-22-25-11-9-24(2)10-12-25)27-13-18-31(19-14-27)20-15-28(32-21-16-30-23-32)26-7-5-4-6-8-26/h3-12,16,21,23,27-28H,1,13-15,17-20,22H2,2H3. The molecule has 4 rings (SSSR count). The molecule has 184 valence electrons. The highest BCUT2D eigenvalue weighted by molar-refractivity contribution is 5.68. The summed E-state index contributed by atoms with van der Waals surface area (Å²) in [4.78, 5) is 21.5. The Morgan fingerprint density at radius 3 is 2.57 bits per heavy atom. The van der Waals surface area contributed by atoms with Crippen LogP contribution in [0.3, 0.4) is 0 Å². The van der Waals surface area contributed by atoms with Gasteiger partial charge >= 0.3 is 6.09 Å². The Balaban J connectivity index is 1.29. The maximum atomic E-state index is 12.9. The van der Waals surface area contributed by atoms with Gasteiger partial charge in [-0.25, -0.2) is 9.78 Å². The third-order valence-corrected chi connectivity index (χ3v) is 6.83. The van der Waals surface area contributed by atoms with E-state index in [4.69, 9.17) is 4.74 Å². The molecular weight excluding hydrogens is 436 g/mol. The molecule has 0 spiro atoms. The lowest BCUT2D eigenvalue weighted by molar-refractivity contribution is 0.0654. The fourth-order valence-corrected chi connectivity index (χ4v) is 4.80. The van der Waals surface area contributed by atoms with Crippen LogP contribution in [0.2, 0.25) is 0 Å². The van der Waals surface area contributed by atoms with Gasteiger partial charge in [0.1, 0.15) is 6.61 Å². The Labute approximate surface area is 208 Å². The molecule has 1 unspecified atom stereocenters. The minimum atomic E-state index is -0.256. The molecule has 1 amide bonds. The summed E-state index contributed by atoms with van der Waals surface area (Å²) in [7, 11) is 0. The van der Waals surface area contributed by atoms with Gasteiger partial charge in [-0.15, -0.1) is 6.58 Å². The van der Waals surface area contributed by atoms with Crippen molar-refractivity contribution >= 4 is 6.09 Å². The van der Waals surface area contributed by atoms with E-state index in [1.54, 1.807) is 6.08 Å². The molecule has 6 heteroatoms. The molecule has 0 aliphatic carbocycles. The number of imidazole rings is 1. The van der Waals surface area contributed by atoms with Gasteiger partial charge in [-0.1, -0.05) is 66.2 Å². The topological polar surface area (TPSA) is 50.6 Å². The lowest BCUT2D eigenvalue weighted by Crippen LogP contribution is -2.48. The van der Waals surface area contributed by atoms with Gasteiger partial charge in [0.2, 0.25) is 0 Å². The first-order valence-corrected chi connectivity index (χ1v) is 12.5. The Morgan fingerprint density at radius 1 is 1.17 bits per heavy atom. The summed E-state index contributed by atoms with van der Waals surface area (Å²) < 4.78 is 7.84. The molecule has 1 fully saturated rings. The molecule has 1 saturated heterocycles. The second kappa shape index (κ2) is 12.4. The maximum absolute atomic E-state index is 12.9. The van der Waals surface area contributed by atoms with Gasteiger partial charge in [0.25, 0.3) is 0 Å². The minimum absolute atomic E-state index is 0.174. The van der Waals surface area contributed by atoms with Gasteiger partial charge in [-0.05, 0) is 37.3 Å². The molecule has 1 aliphatic rings. The number of ether oxygens (including phenoxy) is 1. The first-order valence-electron chi connectivity index (χ1n) is 12.5. The zero-order valence-electron chi connectivity index (χ0n) is 20.6. The molecule has 1 atom stereocenters. The van der Waals surface area contributed by atoms with Gasteiger partial charge in [0.15, 0.2) is 0 Å². The van der Waals surface area contributed by atoms with Gasteiger partial charge in [-0.3, -0.25) is 0 Å². The zero-order chi connectivity index (χ0) is 24.5. The van der Waals surface area contributed by atoms with Crippen LogP contribution in [-0.4, -0.2) is 57.7 Å². The highest BCUT2D eigenvalue weighted by Crippen LogP contribution is 2.24. The van der Waals surface area contributed by atoms with Crippen molar-refractivity contribution in [3.63, 3.8) is 0 Å². The lowest BCUT2D eigenvalue weighted by atomic mass is 10.0. The number of likely N-dealkylation sites (tertiary alicyclic amines) is 1. The molecule has 2 heterocycles. The van der Waals surface area contributed by atoms with Crippen LogP contribution >= 0.6 is 0 Å². The SMILES string of the molecule is C=CCN(C(=O)OCc1ccc(C)cc1)C1CCN(CCC(c2ccccc2)n2ccnc2)CC1. The van der Waals surface area contributed by atoms with Crippen LogP contribution in [0, 0.1) is 6.92 Å². The van der Waals surface area contributed by atoms with Crippen molar-refractivity contribution in [1.82, 2.24) is 19.4 Å². The van der Waals surface area contributed by atoms with Crippen molar-refractivity contribution in [2.75, 3.05) is 26.2 Å². The fraction of sp³-hybridized carbons (Fsp3) is 0.379. The number of aryl methyl sites for hydroxylation is 1. The Hall–Kier alpha value is -3.38. The number of carbonyl (C=O) groups excluding carboxylic acids is 1. The van der Waals surface area contributed by atoms with Crippen molar-refractivity contribution in [2.45, 2.75) is 44.9 Å². The molecular formula is C29H36N4O2. The van der Waals surface area contributed by atoms with Crippen LogP contribution in [-0.2, 0) is 11.3 Å². The van der Waals surface area contributed by atoms with Crippen LogP contribution in [0.15, 0.2) is 86.0 Å². The first kappa shape index (κ1) is 24.7. The van der Waals surface area contributed by atoms with E-state index < -0.39 is 0 Å². The Kier molecular flexibility index (Phi) is 8.74. The molecule has 6 nitrogen and oxygen atoms in total. The van der Waals surface area contributed by atoms with Gasteiger partial charge in [0, 0.05) is 44.6 Å². The normalized spacial score (nSPS) is 15.5. The van der Waals surface area contributed by atoms with E-state index in [9.17, 15) is 4.79 Å². The summed E-state index contributed by atoms with van der Waals surface area (Å²) in [6.45, 7) is 9.64. The van der Waals surface area contributed by atoms with Gasteiger partial charge in [0.05, 0.1) is 12.4 Å². The van der Waals surface area contributed by atoms with E-state index in [0.29, 0.717) is 13.2 Å². The van der Waals surface area contributed by atoms with Crippen LogP contribution in [0.1, 0.15) is 42.0 Å². The summed E-state index contributed by atoms with van der Waals surface area (Å²) in [6, 6.07) is 19.1. The average molecular weight is 473 g/mol. The summed E-state index contributed by atoms with van der Waals surface area (Å²) >= 11 is 0. The van der Waals surface area contributed by atoms with Crippen LogP contribution < -0.4 is 0 Å². The summed E-state index contributed by atoms with van der Waals surface area (Å²) in [5, 5.41) is 0. The number of hydrogen-bond acceptors (Lipinski definition) is 4. The minimum Gasteiger partial charge on any atom is -0.445 e. The van der Waals surface area contributed by atoms with Crippen LogP contribution in [0.5, 0.6) is 0 Å². The number of amides is 1. The third kappa shape index (κ3) is 6.83. The number of hydrogen-bond donors (Lipinski definition) is 0. The smallest absolute Gasteiger partial charge is 0.410 e. The van der Waals surface area contributed by atoms with Crippen molar-refractivity contribution in [3.8, 4) is 0 Å². The summed E-state index contributed by atoms with van der Waals surface area (Å²) in [6.07, 6.45) is 10.2. The number of benzene rings is 2. The molecule has 35 heavy (non-hydrogen) atoms. The van der Waals surface area contributed by atoms with E-state index >= 15 is 0 Å². The van der Waals surface area contributed by atoms with E-state index in [0.717, 1.165) is 44.5 Å². The molecule has 2 aromatic carbocycles. The maximum Gasteiger partial charge on any atom is 0.410 e. The molecule has 3 aromatic rings. The molecule has 0 N–H and O–H groups in total. The van der Waals surface area contributed by atoms with E-state index in [1.165, 1.54) is 11.1 Å². The monoisotopic (exact) mass is 472 g/mol. The van der Waals surface area contributed by atoms with Gasteiger partial charge < -0.3 is 19.1 Å². The Morgan fingerprint density at radius 2 is 1.91 bits per heavy atom. The number of carbonyl (C=O) groups is 1. The van der Waals surface area contributed by atoms with E-state index in [2.05, 4.69) is 51.4 Å². The molecule has 0 radical (unpaired) electrons. The second-order valence-electron chi connectivity index (χ2n) is 9.28. The predicted octanol–water partition coefficient (Wildman–Crippen LogP) is 5.46. The largest absolute Gasteiger partial charge is 0.445 e. The Bertz CT molecular complexity index is 1040. The quantitative estimate of drug-likeness (QED) is 0.368. The average Bonchev–Trinajstić information content (AvgIpc) is 3.43. The highest BCUT2D eigenvalue weighted by atomic mass is 16.6. The molecule has 0 saturated carbocycles. The number of nitrogens with zero attached hydrogens (tertiary/aromatic N) is 4. The molecule has 0 bridgehead atoms. The lowest BCUT2D eigenvalue weighted by Gasteiger charge is -2.38. The highest BCUT2D eigenvalue weighted by Gasteiger charge is 2.28.